The third-order valence-electron chi connectivity index (χ3n) is 7.15. The Morgan fingerprint density at radius 2 is 0.963 bits per heavy atom. The molecule has 0 aliphatic carbocycles. The Morgan fingerprint density at radius 1 is 0.630 bits per heavy atom. The summed E-state index contributed by atoms with van der Waals surface area (Å²) in [5, 5.41) is 23.2. The Morgan fingerprint density at radius 3 is 1.26 bits per heavy atom. The number of carbonyl (C=O) groups is 5. The lowest BCUT2D eigenvalue weighted by Gasteiger charge is -2.23. The van der Waals surface area contributed by atoms with E-state index in [0.29, 0.717) is 0 Å². The van der Waals surface area contributed by atoms with Crippen molar-refractivity contribution >= 4 is 64.7 Å². The summed E-state index contributed by atoms with van der Waals surface area (Å²) >= 11 is 12.4. The first-order valence-corrected chi connectivity index (χ1v) is 16.7. The van der Waals surface area contributed by atoms with Crippen LogP contribution in [0.3, 0.4) is 0 Å². The number of alkyl carbamates (subject to hydrolysis) is 2. The minimum absolute atomic E-state index is 0.00138. The fraction of sp³-hybridized carbons (Fsp3) is 0.387. The average Bonchev–Trinajstić information content (AvgIpc) is 3.13. The zero-order valence-corrected chi connectivity index (χ0v) is 29.8. The molecule has 0 fully saturated rings. The van der Waals surface area contributed by atoms with Crippen LogP contribution in [-0.2, 0) is 23.9 Å². The Balaban J connectivity index is 2.27. The van der Waals surface area contributed by atoms with Crippen LogP contribution in [0.15, 0.2) is 70.6 Å². The largest absolute Gasteiger partial charge is 0.413 e. The number of aliphatic imine (C=N–C) groups is 2. The SMILES string of the molecule is NC(N)=NCCC[C@H](NC(=O)OC(c1ccccc1)[N+](=O)[O-])C(=O)C(Cl)C(=O)C(Cl)C(=O)[C@H](CCCN=C(N)N)NC(=O)OC(c1ccccc1)[N+](=O)[O-]. The number of guanidine groups is 2. The van der Waals surface area contributed by atoms with Gasteiger partial charge in [0, 0.05) is 13.1 Å². The highest BCUT2D eigenvalue weighted by atomic mass is 35.5. The molecule has 0 aromatic heterocycles. The first-order chi connectivity index (χ1) is 25.5. The minimum Gasteiger partial charge on any atom is -0.377 e. The van der Waals surface area contributed by atoms with Crippen LogP contribution in [0.2, 0.25) is 0 Å². The molecule has 6 atom stereocenters. The summed E-state index contributed by atoms with van der Waals surface area (Å²) in [6.07, 6.45) is -7.30. The van der Waals surface area contributed by atoms with Crippen molar-refractivity contribution in [1.29, 1.82) is 0 Å². The maximum Gasteiger partial charge on any atom is 0.413 e. The molecule has 0 radical (unpaired) electrons. The summed E-state index contributed by atoms with van der Waals surface area (Å²) in [6.45, 7) is -0.0977. The molecule has 2 aromatic rings. The molecule has 292 valence electrons. The Labute approximate surface area is 317 Å². The summed E-state index contributed by atoms with van der Waals surface area (Å²) in [5.74, 6) is -4.31. The van der Waals surface area contributed by atoms with Crippen LogP contribution in [0.25, 0.3) is 0 Å². The third-order valence-corrected chi connectivity index (χ3v) is 8.01. The number of nitro groups is 2. The van der Waals surface area contributed by atoms with Crippen LogP contribution in [-0.4, -0.2) is 87.2 Å². The molecule has 21 nitrogen and oxygen atoms in total. The van der Waals surface area contributed by atoms with E-state index in [1.165, 1.54) is 48.5 Å². The van der Waals surface area contributed by atoms with E-state index >= 15 is 0 Å². The highest BCUT2D eigenvalue weighted by molar-refractivity contribution is 6.52. The first kappa shape index (κ1) is 44.1. The number of nitrogens with zero attached hydrogens (tertiary/aromatic N) is 4. The molecule has 10 N–H and O–H groups in total. The summed E-state index contributed by atoms with van der Waals surface area (Å²) in [6, 6.07) is 11.1. The number of ketones is 3. The molecule has 0 aliphatic rings. The van der Waals surface area contributed by atoms with Crippen LogP contribution in [0.4, 0.5) is 9.59 Å². The fourth-order valence-electron chi connectivity index (χ4n) is 4.60. The van der Waals surface area contributed by atoms with Crippen LogP contribution >= 0.6 is 23.2 Å². The van der Waals surface area contributed by atoms with Crippen molar-refractivity contribution in [1.82, 2.24) is 10.6 Å². The number of nitrogens with two attached hydrogens (primary N) is 4. The van der Waals surface area contributed by atoms with Gasteiger partial charge in [0.15, 0.2) is 40.0 Å². The van der Waals surface area contributed by atoms with Crippen molar-refractivity contribution in [2.45, 2.75) is 61.0 Å². The lowest BCUT2D eigenvalue weighted by atomic mass is 9.96. The van der Waals surface area contributed by atoms with Crippen molar-refractivity contribution in [2.24, 2.45) is 32.9 Å². The van der Waals surface area contributed by atoms with Gasteiger partial charge in [-0.1, -0.05) is 36.4 Å². The number of nitrogens with one attached hydrogen (secondary N) is 2. The molecule has 0 saturated heterocycles. The molecule has 23 heteroatoms. The molecule has 2 aromatic carbocycles. The van der Waals surface area contributed by atoms with Gasteiger partial charge in [-0.25, -0.2) is 9.59 Å². The number of Topliss-reactive ketones (excluding diaryl/α,β-unsaturated/α-hetero) is 3. The van der Waals surface area contributed by atoms with Crippen molar-refractivity contribution in [3.63, 3.8) is 0 Å². The van der Waals surface area contributed by atoms with Gasteiger partial charge < -0.3 is 43.0 Å². The van der Waals surface area contributed by atoms with Gasteiger partial charge in [0.05, 0.1) is 33.1 Å². The third kappa shape index (κ3) is 14.5. The van der Waals surface area contributed by atoms with Gasteiger partial charge in [-0.2, -0.15) is 0 Å². The number of hydrogen-bond acceptors (Lipinski definition) is 13. The highest BCUT2D eigenvalue weighted by Crippen LogP contribution is 2.21. The summed E-state index contributed by atoms with van der Waals surface area (Å²) in [4.78, 5) is 95.0. The van der Waals surface area contributed by atoms with Gasteiger partial charge in [0.2, 0.25) is 0 Å². The second-order valence-corrected chi connectivity index (χ2v) is 12.0. The van der Waals surface area contributed by atoms with Gasteiger partial charge in [-0.3, -0.25) is 44.6 Å². The smallest absolute Gasteiger partial charge is 0.377 e. The topological polar surface area (TPSA) is 343 Å². The molecule has 2 amide bonds. The van der Waals surface area contributed by atoms with Gasteiger partial charge in [-0.05, 0) is 49.9 Å². The van der Waals surface area contributed by atoms with E-state index in [4.69, 9.17) is 55.6 Å². The van der Waals surface area contributed by atoms with Gasteiger partial charge in [0.25, 0.3) is 0 Å². The number of hydrogen-bond donors (Lipinski definition) is 6. The standard InChI is InChI=1S/C31H38Cl2N10O11/c32-21(23(44)19(13-7-15-38-28(34)35)40-30(47)53-26(42(49)50)17-9-3-1-4-10-17)25(46)22(33)24(45)20(14-8-16-39-29(36)37)41-31(48)54-27(43(51)52)18-11-5-2-6-12-18/h1-6,9-12,19-22,26-27H,7-8,13-16H2,(H,40,47)(H,41,48)(H4,34,35,38)(H4,36,37,39)/t19-,20-,21?,22?,26?,27?/m0/s1. The summed E-state index contributed by atoms with van der Waals surface area (Å²) in [5.41, 5.74) is 21.3. The van der Waals surface area contributed by atoms with Gasteiger partial charge >= 0.3 is 24.6 Å². The maximum absolute atomic E-state index is 13.5. The first-order valence-electron chi connectivity index (χ1n) is 15.8. The van der Waals surface area contributed by atoms with Crippen molar-refractivity contribution in [3.8, 4) is 0 Å². The minimum atomic E-state index is -2.20. The van der Waals surface area contributed by atoms with E-state index in [0.717, 1.165) is 0 Å². The van der Waals surface area contributed by atoms with Crippen LogP contribution in [0.5, 0.6) is 0 Å². The van der Waals surface area contributed by atoms with E-state index in [1.807, 2.05) is 0 Å². The Hall–Kier alpha value is -6.09. The van der Waals surface area contributed by atoms with E-state index < -0.39 is 74.7 Å². The van der Waals surface area contributed by atoms with Gasteiger partial charge in [0.1, 0.15) is 0 Å². The predicted molar refractivity (Wildman–Crippen MR) is 193 cm³/mol. The van der Waals surface area contributed by atoms with E-state index in [9.17, 15) is 44.2 Å². The fourth-order valence-corrected chi connectivity index (χ4v) is 5.22. The molecule has 0 spiro atoms. The van der Waals surface area contributed by atoms with E-state index in [2.05, 4.69) is 20.6 Å². The molecular weight excluding hydrogens is 759 g/mol. The lowest BCUT2D eigenvalue weighted by molar-refractivity contribution is -0.575. The molecule has 54 heavy (non-hydrogen) atoms. The van der Waals surface area contributed by atoms with Crippen LogP contribution in [0.1, 0.15) is 49.3 Å². The average molecular weight is 798 g/mol. The van der Waals surface area contributed by atoms with E-state index in [1.54, 1.807) is 12.1 Å². The number of rotatable bonds is 22. The second kappa shape index (κ2) is 22.1. The van der Waals surface area contributed by atoms with Crippen molar-refractivity contribution in [2.75, 3.05) is 13.1 Å². The van der Waals surface area contributed by atoms with Gasteiger partial charge in [-0.15, -0.1) is 23.2 Å². The quantitative estimate of drug-likeness (QED) is 0.0142. The zero-order chi connectivity index (χ0) is 40.4. The molecular formula is C31H38Cl2N10O11. The molecule has 0 bridgehead atoms. The Kier molecular flexibility index (Phi) is 18.0. The van der Waals surface area contributed by atoms with Crippen LogP contribution < -0.4 is 33.6 Å². The molecule has 0 saturated carbocycles. The number of benzene rings is 2. The van der Waals surface area contributed by atoms with Crippen LogP contribution in [0, 0.1) is 20.2 Å². The summed E-state index contributed by atoms with van der Waals surface area (Å²) < 4.78 is 9.91. The number of alkyl halides is 2. The number of amides is 2. The molecule has 0 aliphatic heterocycles. The Bertz CT molecular complexity index is 1570. The predicted octanol–water partition coefficient (Wildman–Crippen LogP) is 1.16. The van der Waals surface area contributed by atoms with Crippen molar-refractivity contribution in [3.05, 3.63) is 92.0 Å². The van der Waals surface area contributed by atoms with E-state index in [-0.39, 0.29) is 61.8 Å². The van der Waals surface area contributed by atoms with Crippen molar-refractivity contribution < 1.29 is 43.3 Å². The number of carbonyl (C=O) groups excluding carboxylic acids is 5. The molecule has 2 rings (SSSR count). The number of ether oxygens (including phenoxy) is 2. The second-order valence-electron chi connectivity index (χ2n) is 11.1. The molecule has 0 heterocycles. The molecule has 4 unspecified atom stereocenters. The highest BCUT2D eigenvalue weighted by Gasteiger charge is 2.41. The maximum atomic E-state index is 13.5. The summed E-state index contributed by atoms with van der Waals surface area (Å²) in [7, 11) is 0. The monoisotopic (exact) mass is 796 g/mol. The zero-order valence-electron chi connectivity index (χ0n) is 28.3. The normalized spacial score (nSPS) is 14.0. The number of halogens is 2. The lowest BCUT2D eigenvalue weighted by Crippen LogP contribution is -2.51.